The van der Waals surface area contributed by atoms with E-state index in [1.54, 1.807) is 0 Å². The van der Waals surface area contributed by atoms with Crippen molar-refractivity contribution in [1.29, 1.82) is 0 Å². The van der Waals surface area contributed by atoms with Crippen molar-refractivity contribution in [3.63, 3.8) is 0 Å². The van der Waals surface area contributed by atoms with Gasteiger partial charge in [-0.3, -0.25) is 4.79 Å². The second-order valence-corrected chi connectivity index (χ2v) is 8.26. The van der Waals surface area contributed by atoms with E-state index in [1.807, 2.05) is 11.8 Å². The summed E-state index contributed by atoms with van der Waals surface area (Å²) in [6.07, 6.45) is 8.92. The molecule has 1 aromatic carbocycles. The van der Waals surface area contributed by atoms with E-state index in [-0.39, 0.29) is 24.2 Å². The number of rotatable bonds is 4. The Balaban J connectivity index is 0.00000208. The van der Waals surface area contributed by atoms with Crippen LogP contribution in [0.2, 0.25) is 0 Å². The molecule has 0 radical (unpaired) electrons. The molecule has 134 valence electrons. The van der Waals surface area contributed by atoms with Crippen molar-refractivity contribution in [2.75, 3.05) is 18.4 Å². The zero-order valence-electron chi connectivity index (χ0n) is 14.5. The fraction of sp³-hybridized carbons (Fsp3) is 0.632. The van der Waals surface area contributed by atoms with E-state index in [0.717, 1.165) is 36.9 Å². The van der Waals surface area contributed by atoms with Crippen LogP contribution in [0.3, 0.4) is 0 Å². The Labute approximate surface area is 156 Å². The van der Waals surface area contributed by atoms with Crippen molar-refractivity contribution in [3.05, 3.63) is 23.8 Å². The Morgan fingerprint density at radius 1 is 1.17 bits per heavy atom. The van der Waals surface area contributed by atoms with Crippen molar-refractivity contribution in [2.24, 2.45) is 5.92 Å². The lowest BCUT2D eigenvalue weighted by molar-refractivity contribution is -0.120. The number of anilines is 1. The zero-order chi connectivity index (χ0) is 16.1. The van der Waals surface area contributed by atoms with Gasteiger partial charge in [0, 0.05) is 22.4 Å². The minimum Gasteiger partial charge on any atom is -0.326 e. The van der Waals surface area contributed by atoms with Crippen LogP contribution in [-0.2, 0) is 4.79 Å². The van der Waals surface area contributed by atoms with Gasteiger partial charge in [-0.2, -0.15) is 0 Å². The molecule has 1 atom stereocenters. The predicted molar refractivity (Wildman–Crippen MR) is 105 cm³/mol. The lowest BCUT2D eigenvalue weighted by Crippen LogP contribution is -2.37. The number of piperidine rings is 1. The maximum absolute atomic E-state index is 12.4. The highest BCUT2D eigenvalue weighted by Gasteiger charge is 2.21. The smallest absolute Gasteiger partial charge is 0.228 e. The first-order valence-electron chi connectivity index (χ1n) is 9.01. The van der Waals surface area contributed by atoms with Gasteiger partial charge in [-0.15, -0.1) is 24.2 Å². The highest BCUT2D eigenvalue weighted by Crippen LogP contribution is 2.35. The van der Waals surface area contributed by atoms with Crippen molar-refractivity contribution < 1.29 is 4.79 Å². The molecule has 0 bridgehead atoms. The van der Waals surface area contributed by atoms with Crippen LogP contribution in [0.25, 0.3) is 0 Å². The Hall–Kier alpha value is -0.710. The van der Waals surface area contributed by atoms with Gasteiger partial charge in [-0.25, -0.2) is 0 Å². The van der Waals surface area contributed by atoms with Gasteiger partial charge < -0.3 is 10.6 Å². The van der Waals surface area contributed by atoms with Crippen LogP contribution in [0.1, 0.15) is 50.5 Å². The summed E-state index contributed by atoms with van der Waals surface area (Å²) >= 11 is 2.01. The maximum atomic E-state index is 12.4. The Morgan fingerprint density at radius 2 is 1.96 bits per heavy atom. The van der Waals surface area contributed by atoms with Crippen molar-refractivity contribution in [3.8, 4) is 0 Å². The van der Waals surface area contributed by atoms with Crippen molar-refractivity contribution >= 4 is 35.8 Å². The molecule has 2 N–H and O–H groups in total. The number of halogens is 1. The third-order valence-corrected chi connectivity index (χ3v) is 6.31. The number of carbonyl (C=O) groups excluding carboxylic acids is 1. The van der Waals surface area contributed by atoms with Gasteiger partial charge in [0.05, 0.1) is 5.92 Å². The van der Waals surface area contributed by atoms with Crippen LogP contribution in [0.5, 0.6) is 0 Å². The summed E-state index contributed by atoms with van der Waals surface area (Å²) in [4.78, 5) is 13.7. The van der Waals surface area contributed by atoms with E-state index in [1.165, 1.54) is 42.6 Å². The monoisotopic (exact) mass is 368 g/mol. The highest BCUT2D eigenvalue weighted by molar-refractivity contribution is 8.00. The number of hydrogen-bond donors (Lipinski definition) is 2. The first-order valence-corrected chi connectivity index (χ1v) is 9.89. The molecule has 2 fully saturated rings. The van der Waals surface area contributed by atoms with Crippen molar-refractivity contribution in [1.82, 2.24) is 5.32 Å². The molecule has 1 heterocycles. The van der Waals surface area contributed by atoms with Gasteiger partial charge in [0.25, 0.3) is 0 Å². The SMILES string of the molecule is Cc1cc(SC2CCCCC2)ccc1NC(=O)C1CCCNC1.Cl. The molecular weight excluding hydrogens is 340 g/mol. The van der Waals surface area contributed by atoms with Gasteiger partial charge in [0.2, 0.25) is 5.91 Å². The van der Waals surface area contributed by atoms with E-state index < -0.39 is 0 Å². The van der Waals surface area contributed by atoms with Gasteiger partial charge in [-0.1, -0.05) is 19.3 Å². The summed E-state index contributed by atoms with van der Waals surface area (Å²) in [7, 11) is 0. The topological polar surface area (TPSA) is 41.1 Å². The minimum absolute atomic E-state index is 0. The van der Waals surface area contributed by atoms with Gasteiger partial charge >= 0.3 is 0 Å². The molecule has 1 saturated heterocycles. The van der Waals surface area contributed by atoms with E-state index in [2.05, 4.69) is 35.8 Å². The third kappa shape index (κ3) is 5.40. The lowest BCUT2D eigenvalue weighted by atomic mass is 9.98. The molecule has 0 spiro atoms. The molecule has 5 heteroatoms. The summed E-state index contributed by atoms with van der Waals surface area (Å²) in [6.45, 7) is 3.94. The number of carbonyl (C=O) groups is 1. The fourth-order valence-electron chi connectivity index (χ4n) is 3.54. The maximum Gasteiger partial charge on any atom is 0.228 e. The van der Waals surface area contributed by atoms with E-state index in [4.69, 9.17) is 0 Å². The Bertz CT molecular complexity index is 540. The molecule has 1 saturated carbocycles. The van der Waals surface area contributed by atoms with Gasteiger partial charge in [0.15, 0.2) is 0 Å². The number of nitrogens with one attached hydrogen (secondary N) is 2. The number of thioether (sulfide) groups is 1. The molecule has 3 nitrogen and oxygen atoms in total. The quantitative estimate of drug-likeness (QED) is 0.803. The van der Waals surface area contributed by atoms with Gasteiger partial charge in [-0.05, 0) is 62.9 Å². The highest BCUT2D eigenvalue weighted by atomic mass is 35.5. The number of amides is 1. The molecule has 1 amide bonds. The van der Waals surface area contributed by atoms with Crippen LogP contribution in [0, 0.1) is 12.8 Å². The van der Waals surface area contributed by atoms with Crippen molar-refractivity contribution in [2.45, 2.75) is 62.0 Å². The molecule has 3 rings (SSSR count). The van der Waals surface area contributed by atoms with E-state index in [9.17, 15) is 4.79 Å². The van der Waals surface area contributed by atoms with Crippen LogP contribution >= 0.6 is 24.2 Å². The number of hydrogen-bond acceptors (Lipinski definition) is 3. The predicted octanol–water partition coefficient (Wildman–Crippen LogP) is 4.78. The Morgan fingerprint density at radius 3 is 2.62 bits per heavy atom. The van der Waals surface area contributed by atoms with Crippen LogP contribution in [0.4, 0.5) is 5.69 Å². The molecular formula is C19H29ClN2OS. The van der Waals surface area contributed by atoms with Crippen LogP contribution < -0.4 is 10.6 Å². The second-order valence-electron chi connectivity index (χ2n) is 6.89. The Kier molecular flexibility index (Phi) is 7.92. The number of benzene rings is 1. The first kappa shape index (κ1) is 19.6. The number of aryl methyl sites for hydroxylation is 1. The third-order valence-electron chi connectivity index (χ3n) is 4.98. The largest absolute Gasteiger partial charge is 0.326 e. The molecule has 24 heavy (non-hydrogen) atoms. The van der Waals surface area contributed by atoms with Crippen LogP contribution in [0.15, 0.2) is 23.1 Å². The normalized spacial score (nSPS) is 21.8. The molecule has 1 unspecified atom stereocenters. The van der Waals surface area contributed by atoms with E-state index in [0.29, 0.717) is 0 Å². The standard InChI is InChI=1S/C19H28N2OS.ClH/c1-14-12-17(23-16-7-3-2-4-8-16)9-10-18(14)21-19(22)15-6-5-11-20-13-15;/h9-10,12,15-16,20H,2-8,11,13H2,1H3,(H,21,22);1H. The summed E-state index contributed by atoms with van der Waals surface area (Å²) in [5.74, 6) is 0.271. The lowest BCUT2D eigenvalue weighted by Gasteiger charge is -2.23. The average molecular weight is 369 g/mol. The minimum atomic E-state index is 0. The molecule has 2 aliphatic rings. The van der Waals surface area contributed by atoms with Crippen LogP contribution in [-0.4, -0.2) is 24.2 Å². The first-order chi connectivity index (χ1) is 11.2. The zero-order valence-corrected chi connectivity index (χ0v) is 16.1. The molecule has 1 aromatic rings. The molecule has 1 aliphatic carbocycles. The summed E-state index contributed by atoms with van der Waals surface area (Å²) in [6, 6.07) is 6.48. The summed E-state index contributed by atoms with van der Waals surface area (Å²) in [5.41, 5.74) is 2.14. The molecule has 1 aliphatic heterocycles. The second kappa shape index (κ2) is 9.69. The summed E-state index contributed by atoms with van der Waals surface area (Å²) < 4.78 is 0. The average Bonchev–Trinajstić information content (AvgIpc) is 2.59. The fourth-order valence-corrected chi connectivity index (χ4v) is 4.88. The van der Waals surface area contributed by atoms with E-state index >= 15 is 0 Å². The molecule has 0 aromatic heterocycles. The summed E-state index contributed by atoms with van der Waals surface area (Å²) in [5, 5.41) is 7.20. The van der Waals surface area contributed by atoms with Gasteiger partial charge in [0.1, 0.15) is 0 Å².